The number of aliphatic hydroxyl groups is 1. The number of rotatable bonds is 7. The van der Waals surface area contributed by atoms with Crippen LogP contribution in [0.2, 0.25) is 0 Å². The van der Waals surface area contributed by atoms with Crippen molar-refractivity contribution in [3.8, 4) is 16.9 Å². The van der Waals surface area contributed by atoms with Crippen LogP contribution in [0.5, 0.6) is 5.75 Å². The van der Waals surface area contributed by atoms with Gasteiger partial charge in [-0.15, -0.1) is 0 Å². The lowest BCUT2D eigenvalue weighted by molar-refractivity contribution is 0.0734. The van der Waals surface area contributed by atoms with Crippen molar-refractivity contribution in [1.29, 1.82) is 0 Å². The largest absolute Gasteiger partial charge is 0.487 e. The third-order valence-electron chi connectivity index (χ3n) is 6.68. The van der Waals surface area contributed by atoms with E-state index in [1.54, 1.807) is 37.3 Å². The zero-order valence-electron chi connectivity index (χ0n) is 21.1. The Morgan fingerprint density at radius 3 is 2.43 bits per heavy atom. The highest BCUT2D eigenvalue weighted by atomic mass is 32.2. The van der Waals surface area contributed by atoms with Crippen LogP contribution < -0.4 is 4.74 Å². The molecule has 1 aliphatic heterocycles. The molecule has 1 aliphatic rings. The van der Waals surface area contributed by atoms with Crippen LogP contribution in [-0.2, 0) is 16.6 Å². The van der Waals surface area contributed by atoms with Crippen molar-refractivity contribution in [2.45, 2.75) is 37.4 Å². The van der Waals surface area contributed by atoms with Gasteiger partial charge in [-0.1, -0.05) is 37.3 Å². The monoisotopic (exact) mass is 530 g/mol. The Balaban J connectivity index is 1.71. The highest BCUT2D eigenvalue weighted by molar-refractivity contribution is 7.89. The Bertz CT molecular complexity index is 1330. The molecule has 0 amide bonds. The highest BCUT2D eigenvalue weighted by Crippen LogP contribution is 2.36. The number of nitrogens with zero attached hydrogens (tertiary/aromatic N) is 2. The van der Waals surface area contributed by atoms with E-state index in [1.165, 1.54) is 34.6 Å². The van der Waals surface area contributed by atoms with E-state index in [1.807, 2.05) is 24.9 Å². The van der Waals surface area contributed by atoms with Gasteiger partial charge in [0.05, 0.1) is 6.61 Å². The molecule has 0 fully saturated rings. The van der Waals surface area contributed by atoms with E-state index in [9.17, 15) is 22.3 Å². The summed E-state index contributed by atoms with van der Waals surface area (Å²) in [5.41, 5.74) is 2.23. The maximum atomic E-state index is 13.7. The molecule has 4 rings (SSSR count). The Labute approximate surface area is 217 Å². The first-order valence-electron chi connectivity index (χ1n) is 12.2. The van der Waals surface area contributed by atoms with Crippen molar-refractivity contribution in [3.63, 3.8) is 0 Å². The minimum atomic E-state index is -3.96. The van der Waals surface area contributed by atoms with E-state index in [2.05, 4.69) is 0 Å². The first-order valence-corrected chi connectivity index (χ1v) is 13.6. The summed E-state index contributed by atoms with van der Waals surface area (Å²) in [4.78, 5) is 2.03. The van der Waals surface area contributed by atoms with Crippen LogP contribution in [0, 0.1) is 17.6 Å². The molecule has 0 unspecified atom stereocenters. The average molecular weight is 531 g/mol. The lowest BCUT2D eigenvalue weighted by Gasteiger charge is -2.37. The van der Waals surface area contributed by atoms with Gasteiger partial charge in [0.25, 0.3) is 0 Å². The highest BCUT2D eigenvalue weighted by Gasteiger charge is 2.38. The summed E-state index contributed by atoms with van der Waals surface area (Å²) in [5, 5.41) is 9.82. The van der Waals surface area contributed by atoms with Crippen LogP contribution in [0.4, 0.5) is 8.78 Å². The molecule has 0 bridgehead atoms. The smallest absolute Gasteiger partial charge is 0.247 e. The Kier molecular flexibility index (Phi) is 8.28. The molecule has 3 atom stereocenters. The molecule has 1 N–H and O–H groups in total. The Morgan fingerprint density at radius 2 is 1.76 bits per heavy atom. The van der Waals surface area contributed by atoms with Gasteiger partial charge in [0, 0.05) is 31.6 Å². The van der Waals surface area contributed by atoms with E-state index in [4.69, 9.17) is 4.74 Å². The van der Waals surface area contributed by atoms with Crippen molar-refractivity contribution in [3.05, 3.63) is 83.9 Å². The number of hydrogen-bond acceptors (Lipinski definition) is 5. The maximum absolute atomic E-state index is 13.7. The molecule has 0 saturated heterocycles. The van der Waals surface area contributed by atoms with E-state index in [0.29, 0.717) is 18.7 Å². The predicted molar refractivity (Wildman–Crippen MR) is 139 cm³/mol. The second-order valence-corrected chi connectivity index (χ2v) is 11.6. The third-order valence-corrected chi connectivity index (χ3v) is 8.70. The van der Waals surface area contributed by atoms with Gasteiger partial charge < -0.3 is 9.84 Å². The fourth-order valence-corrected chi connectivity index (χ4v) is 6.41. The number of halogens is 2. The van der Waals surface area contributed by atoms with Crippen LogP contribution in [-0.4, -0.2) is 61.6 Å². The molecule has 198 valence electrons. The molecule has 6 nitrogen and oxygen atoms in total. The molecule has 37 heavy (non-hydrogen) atoms. The molecule has 9 heteroatoms. The van der Waals surface area contributed by atoms with E-state index in [0.717, 1.165) is 11.1 Å². The molecule has 3 aromatic carbocycles. The standard InChI is InChI=1S/C28H32F2N2O4S/c1-19-15-32(20(2)18-33)37(34,35)28-12-9-23(22-7-10-24(29)11-8-22)14-26(28)36-27(19)17-31(3)16-21-5-4-6-25(30)13-21/h4-14,19-20,27,33H,15-18H2,1-3H3/t19-,20+,27-/m0/s1. The Morgan fingerprint density at radius 1 is 1.05 bits per heavy atom. The number of sulfonamides is 1. The summed E-state index contributed by atoms with van der Waals surface area (Å²) in [5.74, 6) is -0.686. The summed E-state index contributed by atoms with van der Waals surface area (Å²) >= 11 is 0. The van der Waals surface area contributed by atoms with Crippen LogP contribution in [0.3, 0.4) is 0 Å². The van der Waals surface area contributed by atoms with Gasteiger partial charge in [-0.25, -0.2) is 17.2 Å². The predicted octanol–water partition coefficient (Wildman–Crippen LogP) is 4.53. The number of benzene rings is 3. The van der Waals surface area contributed by atoms with Gasteiger partial charge in [0.15, 0.2) is 0 Å². The summed E-state index contributed by atoms with van der Waals surface area (Å²) in [6, 6.07) is 16.6. The molecule has 1 heterocycles. The summed E-state index contributed by atoms with van der Waals surface area (Å²) in [6.45, 7) is 4.38. The number of hydrogen-bond donors (Lipinski definition) is 1. The number of fused-ring (bicyclic) bond motifs is 1. The number of likely N-dealkylation sites (N-methyl/N-ethyl adjacent to an activating group) is 1. The molecule has 0 aliphatic carbocycles. The topological polar surface area (TPSA) is 70.1 Å². The second kappa shape index (κ2) is 11.3. The molecule has 0 spiro atoms. The first kappa shape index (κ1) is 27.2. The minimum Gasteiger partial charge on any atom is -0.487 e. The summed E-state index contributed by atoms with van der Waals surface area (Å²) < 4.78 is 62.2. The maximum Gasteiger partial charge on any atom is 0.247 e. The average Bonchev–Trinajstić information content (AvgIpc) is 2.86. The molecule has 0 radical (unpaired) electrons. The van der Waals surface area contributed by atoms with Crippen LogP contribution >= 0.6 is 0 Å². The zero-order chi connectivity index (χ0) is 26.7. The molecular weight excluding hydrogens is 498 g/mol. The minimum absolute atomic E-state index is 0.0170. The quantitative estimate of drug-likeness (QED) is 0.486. The molecule has 0 aromatic heterocycles. The fraction of sp³-hybridized carbons (Fsp3) is 0.357. The number of ether oxygens (including phenoxy) is 1. The summed E-state index contributed by atoms with van der Waals surface area (Å²) in [6.07, 6.45) is -0.398. The van der Waals surface area contributed by atoms with Gasteiger partial charge in [-0.05, 0) is 67.1 Å². The van der Waals surface area contributed by atoms with Crippen LogP contribution in [0.25, 0.3) is 11.1 Å². The van der Waals surface area contributed by atoms with Crippen molar-refractivity contribution in [2.24, 2.45) is 5.92 Å². The second-order valence-electron chi connectivity index (χ2n) is 9.73. The lowest BCUT2D eigenvalue weighted by atomic mass is 10.0. The first-order chi connectivity index (χ1) is 17.6. The van der Waals surface area contributed by atoms with E-state index >= 15 is 0 Å². The van der Waals surface area contributed by atoms with Gasteiger partial charge in [0.2, 0.25) is 10.0 Å². The van der Waals surface area contributed by atoms with Gasteiger partial charge in [-0.2, -0.15) is 4.31 Å². The van der Waals surface area contributed by atoms with Gasteiger partial charge >= 0.3 is 0 Å². The van der Waals surface area contributed by atoms with Crippen LogP contribution in [0.15, 0.2) is 71.6 Å². The van der Waals surface area contributed by atoms with E-state index < -0.39 is 22.2 Å². The molecule has 0 saturated carbocycles. The SMILES string of the molecule is C[C@H](CO)N1C[C@H](C)[C@H](CN(C)Cc2cccc(F)c2)Oc2cc(-c3ccc(F)cc3)ccc2S1(=O)=O. The fourth-order valence-electron chi connectivity index (χ4n) is 4.58. The van der Waals surface area contributed by atoms with Crippen molar-refractivity contribution in [1.82, 2.24) is 9.21 Å². The number of aliphatic hydroxyl groups excluding tert-OH is 1. The van der Waals surface area contributed by atoms with Crippen LogP contribution in [0.1, 0.15) is 19.4 Å². The van der Waals surface area contributed by atoms with Crippen molar-refractivity contribution >= 4 is 10.0 Å². The summed E-state index contributed by atoms with van der Waals surface area (Å²) in [7, 11) is -2.06. The third kappa shape index (κ3) is 6.18. The van der Waals surface area contributed by atoms with Gasteiger partial charge in [0.1, 0.15) is 28.4 Å². The Hall–Kier alpha value is -2.85. The van der Waals surface area contributed by atoms with Crippen molar-refractivity contribution in [2.75, 3.05) is 26.7 Å². The van der Waals surface area contributed by atoms with Gasteiger partial charge in [-0.3, -0.25) is 4.90 Å². The lowest BCUT2D eigenvalue weighted by Crippen LogP contribution is -2.49. The molecular formula is C28H32F2N2O4S. The van der Waals surface area contributed by atoms with E-state index in [-0.39, 0.29) is 41.3 Å². The van der Waals surface area contributed by atoms with Crippen molar-refractivity contribution < 1.29 is 27.0 Å². The normalized spacial score (nSPS) is 20.5. The molecule has 3 aromatic rings. The zero-order valence-corrected chi connectivity index (χ0v) is 22.0.